The topological polar surface area (TPSA) is 68.8 Å². The fourth-order valence-corrected chi connectivity index (χ4v) is 3.56. The highest BCUT2D eigenvalue weighted by molar-refractivity contribution is 5.86. The van der Waals surface area contributed by atoms with Gasteiger partial charge < -0.3 is 16.0 Å². The van der Waals surface area contributed by atoms with Crippen molar-refractivity contribution in [3.63, 3.8) is 0 Å². The number of rotatable bonds is 7. The first-order valence-corrected chi connectivity index (χ1v) is 10.5. The molecule has 32 heavy (non-hydrogen) atoms. The average Bonchev–Trinajstić information content (AvgIpc) is 3.22. The van der Waals surface area contributed by atoms with E-state index in [1.165, 1.54) is 12.1 Å². The molecule has 172 valence electrons. The van der Waals surface area contributed by atoms with Gasteiger partial charge in [0.2, 0.25) is 5.91 Å². The van der Waals surface area contributed by atoms with Crippen LogP contribution in [0.2, 0.25) is 0 Å². The number of halogens is 3. The summed E-state index contributed by atoms with van der Waals surface area (Å²) in [5.41, 5.74) is 1.24. The van der Waals surface area contributed by atoms with Crippen molar-refractivity contribution in [2.45, 2.75) is 31.7 Å². The van der Waals surface area contributed by atoms with Crippen molar-refractivity contribution < 1.29 is 18.0 Å². The summed E-state index contributed by atoms with van der Waals surface area (Å²) in [4.78, 5) is 18.4. The van der Waals surface area contributed by atoms with Crippen molar-refractivity contribution in [2.75, 3.05) is 26.7 Å². The van der Waals surface area contributed by atoms with E-state index in [9.17, 15) is 18.0 Å². The zero-order valence-corrected chi connectivity index (χ0v) is 18.0. The Morgan fingerprint density at radius 3 is 2.44 bits per heavy atom. The molecule has 1 atom stereocenters. The molecule has 3 rings (SSSR count). The molecule has 1 saturated heterocycles. The summed E-state index contributed by atoms with van der Waals surface area (Å²) in [6.07, 6.45) is -3.44. The lowest BCUT2D eigenvalue weighted by atomic mass is 10.1. The predicted octanol–water partition coefficient (Wildman–Crippen LogP) is 2.76. The van der Waals surface area contributed by atoms with E-state index in [0.717, 1.165) is 42.8 Å². The van der Waals surface area contributed by atoms with Gasteiger partial charge in [0.25, 0.3) is 0 Å². The van der Waals surface area contributed by atoms with Gasteiger partial charge in [0, 0.05) is 39.3 Å². The molecule has 3 N–H and O–H groups in total. The number of benzene rings is 2. The smallest absolute Gasteiger partial charge is 0.352 e. The number of likely N-dealkylation sites (tertiary alicyclic amines) is 1. The lowest BCUT2D eigenvalue weighted by Gasteiger charge is -2.19. The first-order chi connectivity index (χ1) is 15.3. The van der Waals surface area contributed by atoms with Gasteiger partial charge in [0.1, 0.15) is 0 Å². The monoisotopic (exact) mass is 447 g/mol. The summed E-state index contributed by atoms with van der Waals surface area (Å²) in [6, 6.07) is 15.1. The molecule has 1 amide bonds. The Morgan fingerprint density at radius 1 is 1.06 bits per heavy atom. The number of nitrogens with zero attached hydrogens (tertiary/aromatic N) is 2. The molecule has 0 bridgehead atoms. The van der Waals surface area contributed by atoms with Crippen LogP contribution in [0.15, 0.2) is 59.6 Å². The molecule has 1 fully saturated rings. The fourth-order valence-electron chi connectivity index (χ4n) is 3.56. The summed E-state index contributed by atoms with van der Waals surface area (Å²) in [6.45, 7) is 2.73. The van der Waals surface area contributed by atoms with Crippen molar-refractivity contribution in [2.24, 2.45) is 4.99 Å². The van der Waals surface area contributed by atoms with E-state index in [4.69, 9.17) is 0 Å². The Kier molecular flexibility index (Phi) is 8.10. The fraction of sp³-hybridized carbons (Fsp3) is 0.391. The van der Waals surface area contributed by atoms with Gasteiger partial charge >= 0.3 is 6.18 Å². The number of hydrogen-bond donors (Lipinski definition) is 3. The van der Waals surface area contributed by atoms with Crippen molar-refractivity contribution in [3.8, 4) is 0 Å². The van der Waals surface area contributed by atoms with Crippen LogP contribution in [0.25, 0.3) is 0 Å². The highest BCUT2D eigenvalue weighted by atomic mass is 19.4. The number of alkyl halides is 3. The van der Waals surface area contributed by atoms with E-state index >= 15 is 0 Å². The molecule has 1 heterocycles. The molecule has 2 aromatic rings. The maximum atomic E-state index is 12.7. The zero-order chi connectivity index (χ0) is 23.0. The lowest BCUT2D eigenvalue weighted by molar-refractivity contribution is -0.137. The van der Waals surface area contributed by atoms with Gasteiger partial charge in [-0.1, -0.05) is 42.5 Å². The Labute approximate surface area is 185 Å². The van der Waals surface area contributed by atoms with E-state index in [1.54, 1.807) is 7.05 Å². The largest absolute Gasteiger partial charge is 0.416 e. The SMILES string of the molecule is CN=C(NCC(=O)NCc1ccccc1)NC1CCN(Cc2ccc(C(F)(F)F)cc2)C1. The van der Waals surface area contributed by atoms with Crippen LogP contribution in [0, 0.1) is 0 Å². The van der Waals surface area contributed by atoms with Crippen LogP contribution in [0.3, 0.4) is 0 Å². The van der Waals surface area contributed by atoms with Crippen molar-refractivity contribution >= 4 is 11.9 Å². The number of carbonyl (C=O) groups excluding carboxylic acids is 1. The molecule has 6 nitrogen and oxygen atoms in total. The summed E-state index contributed by atoms with van der Waals surface area (Å²) in [7, 11) is 1.64. The van der Waals surface area contributed by atoms with Crippen molar-refractivity contribution in [1.82, 2.24) is 20.9 Å². The van der Waals surface area contributed by atoms with Gasteiger partial charge in [-0.3, -0.25) is 14.7 Å². The Morgan fingerprint density at radius 2 is 1.78 bits per heavy atom. The molecule has 0 saturated carbocycles. The van der Waals surface area contributed by atoms with E-state index in [-0.39, 0.29) is 18.5 Å². The second-order valence-electron chi connectivity index (χ2n) is 7.75. The van der Waals surface area contributed by atoms with E-state index < -0.39 is 11.7 Å². The first-order valence-electron chi connectivity index (χ1n) is 10.5. The van der Waals surface area contributed by atoms with Gasteiger partial charge in [-0.2, -0.15) is 13.2 Å². The molecule has 1 aliphatic rings. The summed E-state index contributed by atoms with van der Waals surface area (Å²) >= 11 is 0. The number of amides is 1. The van der Waals surface area contributed by atoms with Crippen LogP contribution >= 0.6 is 0 Å². The molecule has 1 unspecified atom stereocenters. The molecular formula is C23H28F3N5O. The van der Waals surface area contributed by atoms with Gasteiger partial charge in [-0.15, -0.1) is 0 Å². The second kappa shape index (κ2) is 11.0. The van der Waals surface area contributed by atoms with Crippen LogP contribution in [-0.2, 0) is 24.1 Å². The Balaban J connectivity index is 1.39. The summed E-state index contributed by atoms with van der Waals surface area (Å²) in [5.74, 6) is 0.411. The van der Waals surface area contributed by atoms with Gasteiger partial charge in [0.05, 0.1) is 12.1 Å². The van der Waals surface area contributed by atoms with Crippen LogP contribution in [0.5, 0.6) is 0 Å². The Hall–Kier alpha value is -3.07. The number of nitrogens with one attached hydrogen (secondary N) is 3. The van der Waals surface area contributed by atoms with E-state index in [1.807, 2.05) is 30.3 Å². The van der Waals surface area contributed by atoms with Crippen LogP contribution < -0.4 is 16.0 Å². The number of carbonyl (C=O) groups is 1. The van der Waals surface area contributed by atoms with Crippen LogP contribution in [0.1, 0.15) is 23.1 Å². The summed E-state index contributed by atoms with van der Waals surface area (Å²) < 4.78 is 38.1. The molecule has 0 spiro atoms. The number of hydrogen-bond acceptors (Lipinski definition) is 3. The predicted molar refractivity (Wildman–Crippen MR) is 118 cm³/mol. The molecular weight excluding hydrogens is 419 g/mol. The highest BCUT2D eigenvalue weighted by Crippen LogP contribution is 2.29. The number of aliphatic imine (C=N–C) groups is 1. The maximum absolute atomic E-state index is 12.7. The molecule has 0 radical (unpaired) electrons. The molecule has 0 aliphatic carbocycles. The molecule has 0 aromatic heterocycles. The van der Waals surface area contributed by atoms with Gasteiger partial charge in [-0.05, 0) is 29.7 Å². The van der Waals surface area contributed by atoms with Gasteiger partial charge in [-0.25, -0.2) is 0 Å². The van der Waals surface area contributed by atoms with E-state index in [2.05, 4.69) is 25.8 Å². The normalized spacial score (nSPS) is 17.2. The third-order valence-electron chi connectivity index (χ3n) is 5.27. The van der Waals surface area contributed by atoms with Crippen molar-refractivity contribution in [1.29, 1.82) is 0 Å². The first kappa shape index (κ1) is 23.6. The molecule has 1 aliphatic heterocycles. The van der Waals surface area contributed by atoms with Gasteiger partial charge in [0.15, 0.2) is 5.96 Å². The van der Waals surface area contributed by atoms with Crippen molar-refractivity contribution in [3.05, 3.63) is 71.3 Å². The van der Waals surface area contributed by atoms with Crippen LogP contribution in [0.4, 0.5) is 13.2 Å². The van der Waals surface area contributed by atoms with E-state index in [0.29, 0.717) is 19.0 Å². The standard InChI is InChI=1S/C23H28F3N5O/c1-27-22(29-14-21(32)28-13-17-5-3-2-4-6-17)30-20-11-12-31(16-20)15-18-7-9-19(10-8-18)23(24,25)26/h2-10,20H,11-16H2,1H3,(H,28,32)(H2,27,29,30). The minimum Gasteiger partial charge on any atom is -0.352 e. The maximum Gasteiger partial charge on any atom is 0.416 e. The minimum absolute atomic E-state index is 0.106. The average molecular weight is 448 g/mol. The highest BCUT2D eigenvalue weighted by Gasteiger charge is 2.30. The molecule has 9 heteroatoms. The zero-order valence-electron chi connectivity index (χ0n) is 18.0. The minimum atomic E-state index is -4.32. The summed E-state index contributed by atoms with van der Waals surface area (Å²) in [5, 5.41) is 9.18. The third kappa shape index (κ3) is 7.26. The molecule has 2 aromatic carbocycles. The third-order valence-corrected chi connectivity index (χ3v) is 5.27. The quantitative estimate of drug-likeness (QED) is 0.451. The second-order valence-corrected chi connectivity index (χ2v) is 7.75. The number of guanidine groups is 1. The Bertz CT molecular complexity index is 900. The lowest BCUT2D eigenvalue weighted by Crippen LogP contribution is -2.47. The van der Waals surface area contributed by atoms with Crippen LogP contribution in [-0.4, -0.2) is 49.5 Å².